The largest absolute Gasteiger partial charge is 0.496 e. The van der Waals surface area contributed by atoms with Crippen LogP contribution in [0.5, 0.6) is 11.5 Å². The van der Waals surface area contributed by atoms with Gasteiger partial charge in [-0.25, -0.2) is 13.6 Å². The zero-order chi connectivity index (χ0) is 28.8. The van der Waals surface area contributed by atoms with E-state index in [0.717, 1.165) is 23.8 Å². The Bertz CT molecular complexity index is 1510. The molecule has 208 valence electrons. The molecule has 0 radical (unpaired) electrons. The summed E-state index contributed by atoms with van der Waals surface area (Å²) in [7, 11) is 3.09. The summed E-state index contributed by atoms with van der Waals surface area (Å²) in [5, 5.41) is 12.7. The van der Waals surface area contributed by atoms with Gasteiger partial charge in [-0.15, -0.1) is 0 Å². The lowest BCUT2D eigenvalue weighted by Crippen LogP contribution is -2.43. The standard InChI is InChI=1S/C30H28F2N2O6/c1-4-40-16-17-13-24(38-2)26(25(14-17)39-3)20-11-10-18(19-7-6-12-33-28(19)20)15-23(30(36)37)34-29(35)27-21(31)8-5-9-22(27)32/h5-14,23H,4,15-16H2,1-3H3,(H,34,35)(H,36,37). The molecule has 0 aliphatic heterocycles. The van der Waals surface area contributed by atoms with Gasteiger partial charge in [0.1, 0.15) is 34.7 Å². The maximum Gasteiger partial charge on any atom is 0.326 e. The lowest BCUT2D eigenvalue weighted by molar-refractivity contribution is -0.139. The van der Waals surface area contributed by atoms with E-state index in [1.807, 2.05) is 19.1 Å². The Labute approximate surface area is 229 Å². The number of fused-ring (bicyclic) bond motifs is 1. The van der Waals surface area contributed by atoms with Crippen LogP contribution in [0, 0.1) is 11.6 Å². The summed E-state index contributed by atoms with van der Waals surface area (Å²) in [6, 6.07) is 12.2. The van der Waals surface area contributed by atoms with Crippen molar-refractivity contribution in [3.63, 3.8) is 0 Å². The fourth-order valence-corrected chi connectivity index (χ4v) is 4.51. The summed E-state index contributed by atoms with van der Waals surface area (Å²) < 4.78 is 45.2. The summed E-state index contributed by atoms with van der Waals surface area (Å²) in [6.07, 6.45) is 1.44. The monoisotopic (exact) mass is 550 g/mol. The van der Waals surface area contributed by atoms with E-state index < -0.39 is 35.1 Å². The number of carboxylic acids is 1. The molecule has 40 heavy (non-hydrogen) atoms. The Hall–Kier alpha value is -4.57. The van der Waals surface area contributed by atoms with Gasteiger partial charge in [-0.05, 0) is 48.4 Å². The van der Waals surface area contributed by atoms with Crippen molar-refractivity contribution in [1.29, 1.82) is 0 Å². The van der Waals surface area contributed by atoms with Gasteiger partial charge in [-0.2, -0.15) is 0 Å². The van der Waals surface area contributed by atoms with Gasteiger partial charge in [0.25, 0.3) is 5.91 Å². The molecule has 8 nitrogen and oxygen atoms in total. The number of carbonyl (C=O) groups is 2. The fraction of sp³-hybridized carbons (Fsp3) is 0.233. The van der Waals surface area contributed by atoms with Crippen molar-refractivity contribution in [2.24, 2.45) is 0 Å². The summed E-state index contributed by atoms with van der Waals surface area (Å²) in [4.78, 5) is 29.3. The molecule has 1 atom stereocenters. The second-order valence-electron chi connectivity index (χ2n) is 8.85. The number of hydrogen-bond donors (Lipinski definition) is 2. The molecule has 0 aliphatic rings. The molecule has 4 rings (SSSR count). The molecule has 1 unspecified atom stereocenters. The average molecular weight is 551 g/mol. The summed E-state index contributed by atoms with van der Waals surface area (Å²) in [6.45, 7) is 2.83. The van der Waals surface area contributed by atoms with Crippen LogP contribution in [0.15, 0.2) is 60.8 Å². The van der Waals surface area contributed by atoms with Crippen LogP contribution in [0.2, 0.25) is 0 Å². The predicted molar refractivity (Wildman–Crippen MR) is 145 cm³/mol. The number of nitrogens with one attached hydrogen (secondary N) is 1. The third-order valence-corrected chi connectivity index (χ3v) is 6.39. The van der Waals surface area contributed by atoms with E-state index in [1.54, 1.807) is 44.7 Å². The van der Waals surface area contributed by atoms with Crippen molar-refractivity contribution in [2.75, 3.05) is 20.8 Å². The molecule has 1 heterocycles. The molecule has 10 heteroatoms. The number of carboxylic acid groups (broad SMARTS) is 1. The number of ether oxygens (including phenoxy) is 3. The number of nitrogens with zero attached hydrogens (tertiary/aromatic N) is 1. The van der Waals surface area contributed by atoms with E-state index in [9.17, 15) is 23.5 Å². The smallest absolute Gasteiger partial charge is 0.326 e. The second kappa shape index (κ2) is 12.5. The van der Waals surface area contributed by atoms with Crippen molar-refractivity contribution in [1.82, 2.24) is 10.3 Å². The number of hydrogen-bond acceptors (Lipinski definition) is 6. The van der Waals surface area contributed by atoms with Crippen LogP contribution in [0.25, 0.3) is 22.0 Å². The highest BCUT2D eigenvalue weighted by Crippen LogP contribution is 2.43. The molecular formula is C30H28F2N2O6. The van der Waals surface area contributed by atoms with Gasteiger partial charge in [-0.3, -0.25) is 9.78 Å². The van der Waals surface area contributed by atoms with Crippen molar-refractivity contribution < 1.29 is 37.7 Å². The molecule has 1 aromatic heterocycles. The first-order chi connectivity index (χ1) is 19.3. The molecule has 4 aromatic rings. The van der Waals surface area contributed by atoms with E-state index in [4.69, 9.17) is 14.2 Å². The van der Waals surface area contributed by atoms with Crippen LogP contribution < -0.4 is 14.8 Å². The lowest BCUT2D eigenvalue weighted by atomic mass is 9.93. The van der Waals surface area contributed by atoms with Crippen LogP contribution in [0.4, 0.5) is 8.78 Å². The van der Waals surface area contributed by atoms with Gasteiger partial charge in [0, 0.05) is 30.2 Å². The highest BCUT2D eigenvalue weighted by molar-refractivity contribution is 6.00. The minimum Gasteiger partial charge on any atom is -0.496 e. The number of rotatable bonds is 11. The minimum absolute atomic E-state index is 0.165. The molecule has 0 fully saturated rings. The van der Waals surface area contributed by atoms with Gasteiger partial charge < -0.3 is 24.6 Å². The van der Waals surface area contributed by atoms with E-state index in [0.29, 0.717) is 52.3 Å². The number of methoxy groups -OCH3 is 2. The topological polar surface area (TPSA) is 107 Å². The first kappa shape index (κ1) is 28.4. The minimum atomic E-state index is -1.47. The molecule has 0 spiro atoms. The Balaban J connectivity index is 1.75. The Morgan fingerprint density at radius 2 is 1.68 bits per heavy atom. The number of carbonyl (C=O) groups excluding carboxylic acids is 1. The second-order valence-corrected chi connectivity index (χ2v) is 8.85. The highest BCUT2D eigenvalue weighted by Gasteiger charge is 2.26. The quantitative estimate of drug-likeness (QED) is 0.266. The molecule has 3 aromatic carbocycles. The van der Waals surface area contributed by atoms with E-state index in [2.05, 4.69) is 10.3 Å². The van der Waals surface area contributed by atoms with Crippen LogP contribution in [0.1, 0.15) is 28.4 Å². The van der Waals surface area contributed by atoms with Crippen LogP contribution in [-0.4, -0.2) is 48.8 Å². The molecule has 0 saturated carbocycles. The van der Waals surface area contributed by atoms with Gasteiger partial charge in [0.05, 0.1) is 31.9 Å². The number of aromatic nitrogens is 1. The first-order valence-corrected chi connectivity index (χ1v) is 12.5. The van der Waals surface area contributed by atoms with Gasteiger partial charge >= 0.3 is 5.97 Å². The van der Waals surface area contributed by atoms with E-state index in [-0.39, 0.29) is 6.42 Å². The first-order valence-electron chi connectivity index (χ1n) is 12.5. The van der Waals surface area contributed by atoms with E-state index in [1.165, 1.54) is 0 Å². The maximum atomic E-state index is 14.1. The number of pyridine rings is 1. The number of benzene rings is 3. The van der Waals surface area contributed by atoms with Crippen molar-refractivity contribution in [3.05, 3.63) is 89.1 Å². The van der Waals surface area contributed by atoms with Crippen LogP contribution >= 0.6 is 0 Å². The number of aliphatic carboxylic acids is 1. The van der Waals surface area contributed by atoms with Gasteiger partial charge in [0.15, 0.2) is 0 Å². The van der Waals surface area contributed by atoms with Crippen molar-refractivity contribution >= 4 is 22.8 Å². The zero-order valence-electron chi connectivity index (χ0n) is 22.2. The molecule has 1 amide bonds. The third-order valence-electron chi connectivity index (χ3n) is 6.39. The lowest BCUT2D eigenvalue weighted by Gasteiger charge is -2.19. The van der Waals surface area contributed by atoms with Crippen molar-refractivity contribution in [3.8, 4) is 22.6 Å². The third kappa shape index (κ3) is 5.86. The molecule has 2 N–H and O–H groups in total. The highest BCUT2D eigenvalue weighted by atomic mass is 19.1. The van der Waals surface area contributed by atoms with Crippen molar-refractivity contribution in [2.45, 2.75) is 26.0 Å². The predicted octanol–water partition coefficient (Wildman–Crippen LogP) is 5.16. The molecule has 0 saturated heterocycles. The Morgan fingerprint density at radius 3 is 2.27 bits per heavy atom. The number of halogens is 2. The SMILES string of the molecule is CCOCc1cc(OC)c(-c2ccc(CC(NC(=O)c3c(F)cccc3F)C(=O)O)c3cccnc23)c(OC)c1. The summed E-state index contributed by atoms with van der Waals surface area (Å²) >= 11 is 0. The Kier molecular flexibility index (Phi) is 8.90. The van der Waals surface area contributed by atoms with Crippen LogP contribution in [0.3, 0.4) is 0 Å². The van der Waals surface area contributed by atoms with Crippen LogP contribution in [-0.2, 0) is 22.6 Å². The average Bonchev–Trinajstić information content (AvgIpc) is 2.95. The Morgan fingerprint density at radius 1 is 1.00 bits per heavy atom. The van der Waals surface area contributed by atoms with E-state index >= 15 is 0 Å². The maximum absolute atomic E-state index is 14.1. The number of amides is 1. The molecule has 0 bridgehead atoms. The normalized spacial score (nSPS) is 11.7. The summed E-state index contributed by atoms with van der Waals surface area (Å²) in [5.41, 5.74) is 2.45. The fourth-order valence-electron chi connectivity index (χ4n) is 4.51. The molecular weight excluding hydrogens is 522 g/mol. The van der Waals surface area contributed by atoms with Gasteiger partial charge in [-0.1, -0.05) is 24.3 Å². The van der Waals surface area contributed by atoms with Gasteiger partial charge in [0.2, 0.25) is 0 Å². The summed E-state index contributed by atoms with van der Waals surface area (Å²) in [5.74, 6) is -3.62. The zero-order valence-corrected chi connectivity index (χ0v) is 22.2. The molecule has 0 aliphatic carbocycles.